The Morgan fingerprint density at radius 1 is 0.333 bits per heavy atom. The molecule has 1 unspecified atom stereocenters. The van der Waals surface area contributed by atoms with Gasteiger partial charge in [0.15, 0.2) is 34.9 Å². The van der Waals surface area contributed by atoms with Gasteiger partial charge in [0.25, 0.3) is 0 Å². The summed E-state index contributed by atoms with van der Waals surface area (Å²) in [6.45, 7) is 0. The van der Waals surface area contributed by atoms with E-state index < -0.39 is 17.2 Å². The Labute approximate surface area is 377 Å². The molecular formula is C56H33F3N6O. The highest BCUT2D eigenvalue weighted by atomic mass is 19.4. The van der Waals surface area contributed by atoms with E-state index in [1.54, 1.807) is 6.07 Å². The predicted octanol–water partition coefficient (Wildman–Crippen LogP) is 13.5. The third-order valence-electron chi connectivity index (χ3n) is 12.3. The molecule has 2 aliphatic rings. The summed E-state index contributed by atoms with van der Waals surface area (Å²) < 4.78 is 49.1. The molecule has 1 aliphatic carbocycles. The molecule has 3 heterocycles. The molecule has 1 spiro atoms. The quantitative estimate of drug-likeness (QED) is 0.165. The third-order valence-corrected chi connectivity index (χ3v) is 12.3. The van der Waals surface area contributed by atoms with Crippen LogP contribution in [0.25, 0.3) is 79.5 Å². The van der Waals surface area contributed by atoms with Crippen LogP contribution in [0.3, 0.4) is 0 Å². The molecule has 10 heteroatoms. The molecule has 66 heavy (non-hydrogen) atoms. The van der Waals surface area contributed by atoms with Crippen LogP contribution in [0.1, 0.15) is 27.8 Å². The molecule has 0 saturated carbocycles. The van der Waals surface area contributed by atoms with E-state index >= 15 is 0 Å². The van der Waals surface area contributed by atoms with E-state index in [1.165, 1.54) is 6.07 Å². The minimum atomic E-state index is -4.55. The fraction of sp³-hybridized carbons (Fsp3) is 0.0357. The monoisotopic (exact) mass is 862 g/mol. The summed E-state index contributed by atoms with van der Waals surface area (Å²) in [6.07, 6.45) is -4.55. The Kier molecular flexibility index (Phi) is 9.03. The van der Waals surface area contributed by atoms with Crippen LogP contribution >= 0.6 is 0 Å². The maximum atomic E-state index is 14.0. The Morgan fingerprint density at radius 2 is 0.773 bits per heavy atom. The van der Waals surface area contributed by atoms with Gasteiger partial charge in [0.1, 0.15) is 11.5 Å². The molecule has 0 radical (unpaired) electrons. The van der Waals surface area contributed by atoms with E-state index in [0.717, 1.165) is 56.6 Å². The summed E-state index contributed by atoms with van der Waals surface area (Å²) in [5.74, 6) is 3.55. The van der Waals surface area contributed by atoms with Gasteiger partial charge in [-0.15, -0.1) is 0 Å². The van der Waals surface area contributed by atoms with Crippen LogP contribution in [0, 0.1) is 0 Å². The molecule has 0 fully saturated rings. The fourth-order valence-corrected chi connectivity index (χ4v) is 9.35. The number of benzene rings is 8. The van der Waals surface area contributed by atoms with Gasteiger partial charge in [-0.3, -0.25) is 0 Å². The van der Waals surface area contributed by atoms with Gasteiger partial charge in [-0.2, -0.15) is 13.2 Å². The molecule has 1 atom stereocenters. The van der Waals surface area contributed by atoms with Crippen molar-refractivity contribution in [1.82, 2.24) is 29.9 Å². The van der Waals surface area contributed by atoms with Crippen molar-refractivity contribution in [3.63, 3.8) is 0 Å². The molecule has 12 rings (SSSR count). The number of hydrogen-bond acceptors (Lipinski definition) is 7. The first-order chi connectivity index (χ1) is 32.3. The molecule has 314 valence electrons. The second-order valence-electron chi connectivity index (χ2n) is 16.1. The van der Waals surface area contributed by atoms with Crippen molar-refractivity contribution in [2.24, 2.45) is 0 Å². The number of nitrogens with zero attached hydrogens (tertiary/aromatic N) is 6. The van der Waals surface area contributed by atoms with E-state index in [1.807, 2.05) is 133 Å². The lowest BCUT2D eigenvalue weighted by Crippen LogP contribution is -2.32. The number of ether oxygens (including phenoxy) is 1. The van der Waals surface area contributed by atoms with Crippen molar-refractivity contribution in [1.29, 1.82) is 0 Å². The van der Waals surface area contributed by atoms with Crippen molar-refractivity contribution < 1.29 is 17.9 Å². The van der Waals surface area contributed by atoms with Crippen LogP contribution < -0.4 is 4.74 Å². The van der Waals surface area contributed by atoms with E-state index in [9.17, 15) is 13.2 Å². The van der Waals surface area contributed by atoms with Gasteiger partial charge in [-0.05, 0) is 52.6 Å². The van der Waals surface area contributed by atoms with Crippen LogP contribution in [0.4, 0.5) is 13.2 Å². The van der Waals surface area contributed by atoms with Crippen molar-refractivity contribution >= 4 is 0 Å². The van der Waals surface area contributed by atoms with Crippen molar-refractivity contribution in [2.45, 2.75) is 11.6 Å². The lowest BCUT2D eigenvalue weighted by Gasteiger charge is -2.40. The van der Waals surface area contributed by atoms with Crippen LogP contribution in [0.5, 0.6) is 11.5 Å². The highest BCUT2D eigenvalue weighted by molar-refractivity contribution is 5.91. The second kappa shape index (κ2) is 15.3. The summed E-state index contributed by atoms with van der Waals surface area (Å²) in [7, 11) is 0. The highest BCUT2D eigenvalue weighted by Crippen LogP contribution is 2.63. The highest BCUT2D eigenvalue weighted by Gasteiger charge is 2.52. The number of para-hydroxylation sites is 2. The summed E-state index contributed by atoms with van der Waals surface area (Å²) in [4.78, 5) is 29.8. The van der Waals surface area contributed by atoms with E-state index in [2.05, 4.69) is 42.5 Å². The fourth-order valence-electron chi connectivity index (χ4n) is 9.35. The first-order valence-corrected chi connectivity index (χ1v) is 21.3. The van der Waals surface area contributed by atoms with Crippen LogP contribution in [-0.2, 0) is 11.6 Å². The zero-order valence-electron chi connectivity index (χ0n) is 34.8. The Bertz CT molecular complexity index is 3450. The molecule has 1 aliphatic heterocycles. The number of hydrogen-bond donors (Lipinski definition) is 0. The van der Waals surface area contributed by atoms with Gasteiger partial charge in [0.05, 0.1) is 16.5 Å². The number of rotatable bonds is 6. The molecular weight excluding hydrogens is 830 g/mol. The van der Waals surface area contributed by atoms with Gasteiger partial charge >= 0.3 is 6.18 Å². The Hall–Kier alpha value is -8.63. The van der Waals surface area contributed by atoms with E-state index in [-0.39, 0.29) is 11.4 Å². The smallest absolute Gasteiger partial charge is 0.416 e. The summed E-state index contributed by atoms with van der Waals surface area (Å²) in [5, 5.41) is 0. The van der Waals surface area contributed by atoms with Gasteiger partial charge in [0, 0.05) is 38.9 Å². The Balaban J connectivity index is 1.10. The van der Waals surface area contributed by atoms with Gasteiger partial charge in [0.2, 0.25) is 0 Å². The van der Waals surface area contributed by atoms with Gasteiger partial charge in [-0.25, -0.2) is 29.9 Å². The number of aromatic nitrogens is 6. The zero-order valence-corrected chi connectivity index (χ0v) is 34.8. The number of alkyl halides is 3. The molecule has 0 bridgehead atoms. The van der Waals surface area contributed by atoms with Gasteiger partial charge in [-0.1, -0.05) is 170 Å². The van der Waals surface area contributed by atoms with Crippen LogP contribution in [-0.4, -0.2) is 29.9 Å². The topological polar surface area (TPSA) is 86.6 Å². The lowest BCUT2D eigenvalue weighted by atomic mass is 9.65. The summed E-state index contributed by atoms with van der Waals surface area (Å²) in [6, 6.07) is 62.9. The standard InChI is InChI=1S/C56H33F3N6O/c57-56(58,59)39-23-14-22-37(32-39)52-61-49(34-16-4-1-5-17-34)62-53(63-52)38-30-31-41-40-24-10-11-26-43(40)55(46(41)33-38)44-27-12-13-29-47(44)66-48-42(25-15-28-45(48)55)54-64-50(35-18-6-2-7-19-35)60-51(65-54)36-20-8-3-9-21-36/h1-33H. The average molecular weight is 863 g/mol. The molecule has 0 N–H and O–H groups in total. The summed E-state index contributed by atoms with van der Waals surface area (Å²) >= 11 is 0. The maximum Gasteiger partial charge on any atom is 0.416 e. The minimum absolute atomic E-state index is 0.122. The van der Waals surface area contributed by atoms with Gasteiger partial charge < -0.3 is 4.74 Å². The van der Waals surface area contributed by atoms with E-state index in [4.69, 9.17) is 34.6 Å². The molecule has 7 nitrogen and oxygen atoms in total. The van der Waals surface area contributed by atoms with Crippen molar-refractivity contribution in [3.05, 3.63) is 228 Å². The molecule has 8 aromatic carbocycles. The predicted molar refractivity (Wildman–Crippen MR) is 248 cm³/mol. The maximum absolute atomic E-state index is 14.0. The van der Waals surface area contributed by atoms with Crippen LogP contribution in [0.2, 0.25) is 0 Å². The molecule has 10 aromatic rings. The molecule has 0 amide bonds. The minimum Gasteiger partial charge on any atom is -0.456 e. The summed E-state index contributed by atoms with van der Waals surface area (Å²) in [5.41, 5.74) is 8.16. The number of fused-ring (bicyclic) bond motifs is 9. The zero-order chi connectivity index (χ0) is 44.4. The van der Waals surface area contributed by atoms with E-state index in [0.29, 0.717) is 57.3 Å². The second-order valence-corrected chi connectivity index (χ2v) is 16.1. The average Bonchev–Trinajstić information content (AvgIpc) is 3.66. The normalized spacial score (nSPS) is 14.5. The van der Waals surface area contributed by atoms with Crippen LogP contribution in [0.15, 0.2) is 200 Å². The lowest BCUT2D eigenvalue weighted by molar-refractivity contribution is -0.137. The Morgan fingerprint density at radius 3 is 1.38 bits per heavy atom. The largest absolute Gasteiger partial charge is 0.456 e. The third kappa shape index (κ3) is 6.36. The SMILES string of the molecule is FC(F)(F)c1cccc(-c2nc(-c3ccccc3)nc(-c3ccc4c(c3)C3(c5ccccc5Oc5c(-c6nc(-c7ccccc7)nc(-c7ccccc7)n6)cccc53)c3ccccc3-4)n2)c1. The first-order valence-electron chi connectivity index (χ1n) is 21.3. The molecule has 0 saturated heterocycles. The molecule has 2 aromatic heterocycles. The van der Waals surface area contributed by atoms with Crippen molar-refractivity contribution in [2.75, 3.05) is 0 Å². The number of halogens is 3. The van der Waals surface area contributed by atoms with Crippen molar-refractivity contribution in [3.8, 4) is 91.0 Å². The first kappa shape index (κ1) is 39.0.